The van der Waals surface area contributed by atoms with Gasteiger partial charge in [0.05, 0.1) is 35.2 Å². The van der Waals surface area contributed by atoms with Crippen molar-refractivity contribution in [3.05, 3.63) is 62.9 Å². The van der Waals surface area contributed by atoms with Gasteiger partial charge in [-0.05, 0) is 25.5 Å². The van der Waals surface area contributed by atoms with Crippen molar-refractivity contribution >= 4 is 23.1 Å². The molecule has 8 heteroatoms. The van der Waals surface area contributed by atoms with Gasteiger partial charge in [-0.2, -0.15) is 0 Å². The zero-order chi connectivity index (χ0) is 21.8. The van der Waals surface area contributed by atoms with Gasteiger partial charge in [0.25, 0.3) is 5.56 Å². The number of para-hydroxylation sites is 1. The molecule has 1 atom stereocenters. The summed E-state index contributed by atoms with van der Waals surface area (Å²) >= 11 is 0. The molecule has 0 aliphatic carbocycles. The Morgan fingerprint density at radius 2 is 2.16 bits per heavy atom. The van der Waals surface area contributed by atoms with Crippen molar-refractivity contribution in [2.75, 3.05) is 6.61 Å². The number of carbonyl (C=O) groups is 1. The largest absolute Gasteiger partial charge is 0.458 e. The lowest BCUT2D eigenvalue weighted by Crippen LogP contribution is -2.44. The highest BCUT2D eigenvalue weighted by atomic mass is 16.6. The van der Waals surface area contributed by atoms with E-state index in [4.69, 9.17) is 14.6 Å². The number of carbonyl (C=O) groups excluding carboxylic acids is 1. The molecule has 0 saturated carbocycles. The SMILES string of the molecule is CCO/N=C/c1cccc2cc3c(nc12)-c1cc2c(c(=O)n1C3)COC(=O)[C@]2(O)CC. The molecule has 0 radical (unpaired) electrons. The van der Waals surface area contributed by atoms with E-state index in [1.54, 1.807) is 23.8 Å². The second-order valence-electron chi connectivity index (χ2n) is 7.67. The fourth-order valence-electron chi connectivity index (χ4n) is 4.30. The van der Waals surface area contributed by atoms with Gasteiger partial charge in [-0.1, -0.05) is 30.3 Å². The number of pyridine rings is 2. The topological polar surface area (TPSA) is 103 Å². The molecule has 2 aliphatic rings. The van der Waals surface area contributed by atoms with Crippen LogP contribution in [0.3, 0.4) is 0 Å². The van der Waals surface area contributed by atoms with Gasteiger partial charge >= 0.3 is 5.97 Å². The zero-order valence-electron chi connectivity index (χ0n) is 17.2. The fraction of sp³-hybridized carbons (Fsp3) is 0.304. The van der Waals surface area contributed by atoms with Crippen LogP contribution in [0.1, 0.15) is 42.5 Å². The maximum atomic E-state index is 13.2. The van der Waals surface area contributed by atoms with Crippen LogP contribution in [0.5, 0.6) is 0 Å². The number of hydrogen-bond acceptors (Lipinski definition) is 7. The van der Waals surface area contributed by atoms with Crippen LogP contribution in [0.2, 0.25) is 0 Å². The highest BCUT2D eigenvalue weighted by Gasteiger charge is 2.45. The molecule has 1 aromatic carbocycles. The molecule has 4 heterocycles. The molecule has 0 spiro atoms. The van der Waals surface area contributed by atoms with Gasteiger partial charge in [0.2, 0.25) is 0 Å². The molecular weight excluding hydrogens is 398 g/mol. The van der Waals surface area contributed by atoms with Crippen LogP contribution in [0, 0.1) is 0 Å². The number of benzene rings is 1. The number of rotatable bonds is 4. The van der Waals surface area contributed by atoms with Crippen molar-refractivity contribution in [1.29, 1.82) is 0 Å². The highest BCUT2D eigenvalue weighted by molar-refractivity contribution is 5.98. The molecule has 0 amide bonds. The van der Waals surface area contributed by atoms with E-state index in [1.165, 1.54) is 0 Å². The Labute approximate surface area is 177 Å². The summed E-state index contributed by atoms with van der Waals surface area (Å²) in [7, 11) is 0. The molecule has 5 rings (SSSR count). The Kier molecular flexibility index (Phi) is 4.40. The minimum atomic E-state index is -1.84. The van der Waals surface area contributed by atoms with Gasteiger partial charge in [-0.3, -0.25) is 4.79 Å². The minimum Gasteiger partial charge on any atom is -0.458 e. The maximum Gasteiger partial charge on any atom is 0.343 e. The Balaban J connectivity index is 1.73. The Morgan fingerprint density at radius 1 is 1.32 bits per heavy atom. The van der Waals surface area contributed by atoms with Crippen molar-refractivity contribution in [3.8, 4) is 11.4 Å². The number of aromatic nitrogens is 2. The lowest BCUT2D eigenvalue weighted by Gasteiger charge is -2.31. The molecule has 158 valence electrons. The van der Waals surface area contributed by atoms with Crippen LogP contribution in [-0.4, -0.2) is 33.4 Å². The van der Waals surface area contributed by atoms with Gasteiger partial charge in [0, 0.05) is 22.1 Å². The van der Waals surface area contributed by atoms with E-state index in [1.807, 2.05) is 31.2 Å². The van der Waals surface area contributed by atoms with Crippen molar-refractivity contribution < 1.29 is 19.5 Å². The molecule has 31 heavy (non-hydrogen) atoms. The predicted octanol–water partition coefficient (Wildman–Crippen LogP) is 2.45. The van der Waals surface area contributed by atoms with E-state index in [0.29, 0.717) is 35.7 Å². The van der Waals surface area contributed by atoms with Gasteiger partial charge in [0.1, 0.15) is 13.2 Å². The van der Waals surface area contributed by atoms with E-state index >= 15 is 0 Å². The van der Waals surface area contributed by atoms with E-state index in [-0.39, 0.29) is 18.6 Å². The van der Waals surface area contributed by atoms with Crippen LogP contribution in [0.25, 0.3) is 22.3 Å². The number of cyclic esters (lactones) is 1. The normalized spacial score (nSPS) is 19.3. The second-order valence-corrected chi connectivity index (χ2v) is 7.67. The molecule has 0 bridgehead atoms. The average molecular weight is 419 g/mol. The van der Waals surface area contributed by atoms with Gasteiger partial charge in [0.15, 0.2) is 5.60 Å². The number of esters is 1. The number of ether oxygens (including phenoxy) is 1. The first kappa shape index (κ1) is 19.4. The summed E-state index contributed by atoms with van der Waals surface area (Å²) in [6.45, 7) is 4.24. The van der Waals surface area contributed by atoms with Crippen LogP contribution >= 0.6 is 0 Å². The number of oxime groups is 1. The number of aliphatic hydroxyl groups is 1. The number of fused-ring (bicyclic) bond motifs is 5. The lowest BCUT2D eigenvalue weighted by molar-refractivity contribution is -0.172. The molecule has 2 aromatic heterocycles. The summed E-state index contributed by atoms with van der Waals surface area (Å²) in [6, 6.07) is 9.49. The van der Waals surface area contributed by atoms with Gasteiger partial charge < -0.3 is 19.2 Å². The Morgan fingerprint density at radius 3 is 2.94 bits per heavy atom. The monoisotopic (exact) mass is 419 g/mol. The van der Waals surface area contributed by atoms with Crippen molar-refractivity contribution in [1.82, 2.24) is 9.55 Å². The molecule has 1 N–H and O–H groups in total. The maximum absolute atomic E-state index is 13.2. The molecule has 0 saturated heterocycles. The third-order valence-electron chi connectivity index (χ3n) is 5.97. The summed E-state index contributed by atoms with van der Waals surface area (Å²) in [5.41, 5.74) is 2.18. The van der Waals surface area contributed by atoms with Crippen LogP contribution in [0.4, 0.5) is 0 Å². The summed E-state index contributed by atoms with van der Waals surface area (Å²) in [5.74, 6) is -0.731. The van der Waals surface area contributed by atoms with E-state index in [2.05, 4.69) is 5.16 Å². The summed E-state index contributed by atoms with van der Waals surface area (Å²) in [6.07, 6.45) is 1.73. The molecule has 2 aliphatic heterocycles. The van der Waals surface area contributed by atoms with E-state index in [9.17, 15) is 14.7 Å². The molecule has 3 aromatic rings. The molecule has 0 fully saturated rings. The summed E-state index contributed by atoms with van der Waals surface area (Å²) in [5, 5.41) is 15.8. The quantitative estimate of drug-likeness (QED) is 0.310. The second kappa shape index (κ2) is 7.02. The van der Waals surface area contributed by atoms with Crippen molar-refractivity contribution in [2.45, 2.75) is 39.0 Å². The van der Waals surface area contributed by atoms with E-state index < -0.39 is 11.6 Å². The fourth-order valence-corrected chi connectivity index (χ4v) is 4.30. The smallest absolute Gasteiger partial charge is 0.343 e. The lowest BCUT2D eigenvalue weighted by atomic mass is 9.86. The molecular formula is C23H21N3O5. The minimum absolute atomic E-state index is 0.109. The molecule has 0 unspecified atom stereocenters. The van der Waals surface area contributed by atoms with Gasteiger partial charge in [-0.15, -0.1) is 0 Å². The highest BCUT2D eigenvalue weighted by Crippen LogP contribution is 2.38. The number of hydrogen-bond donors (Lipinski definition) is 1. The van der Waals surface area contributed by atoms with Crippen LogP contribution < -0.4 is 5.56 Å². The summed E-state index contributed by atoms with van der Waals surface area (Å²) in [4.78, 5) is 35.4. The molecule has 8 nitrogen and oxygen atoms in total. The Bertz CT molecular complexity index is 1330. The third-order valence-corrected chi connectivity index (χ3v) is 5.97. The summed E-state index contributed by atoms with van der Waals surface area (Å²) < 4.78 is 6.73. The van der Waals surface area contributed by atoms with Crippen LogP contribution in [0.15, 0.2) is 40.3 Å². The van der Waals surface area contributed by atoms with Crippen LogP contribution in [-0.2, 0) is 33.1 Å². The first-order valence-electron chi connectivity index (χ1n) is 10.2. The first-order valence-corrected chi connectivity index (χ1v) is 10.2. The van der Waals surface area contributed by atoms with Crippen molar-refractivity contribution in [2.24, 2.45) is 5.16 Å². The third kappa shape index (κ3) is 2.79. The zero-order valence-corrected chi connectivity index (χ0v) is 17.2. The predicted molar refractivity (Wildman–Crippen MR) is 114 cm³/mol. The standard InChI is InChI=1S/C23H21N3O5/c1-3-23(29)17-9-18-20-15(11-26(18)21(27)16(17)12-30-22(23)28)8-13-6-5-7-14(19(13)25-20)10-24-31-4-2/h5-10,29H,3-4,11-12H2,1-2H3/b24-10+/t23-/m0/s1. The van der Waals surface area contributed by atoms with E-state index in [0.717, 1.165) is 22.0 Å². The van der Waals surface area contributed by atoms with Crippen molar-refractivity contribution in [3.63, 3.8) is 0 Å². The number of nitrogens with zero attached hydrogens (tertiary/aromatic N) is 3. The van der Waals surface area contributed by atoms with Gasteiger partial charge in [-0.25, -0.2) is 9.78 Å². The first-order chi connectivity index (χ1) is 15.0. The average Bonchev–Trinajstić information content (AvgIpc) is 3.13. The Hall–Kier alpha value is -3.52.